The fraction of sp³-hybridized carbons (Fsp3) is 0.286. The van der Waals surface area contributed by atoms with E-state index < -0.39 is 0 Å². The fourth-order valence-electron chi connectivity index (χ4n) is 2.44. The lowest BCUT2D eigenvalue weighted by molar-refractivity contribution is 0.655. The van der Waals surface area contributed by atoms with Gasteiger partial charge >= 0.3 is 5.69 Å². The van der Waals surface area contributed by atoms with E-state index in [1.165, 1.54) is 0 Å². The van der Waals surface area contributed by atoms with Gasteiger partial charge in [-0.05, 0) is 19.1 Å². The Kier molecular flexibility index (Phi) is 2.74. The maximum Gasteiger partial charge on any atom is 0.329 e. The van der Waals surface area contributed by atoms with Crippen LogP contribution >= 0.6 is 0 Å². The Morgan fingerprint density at radius 2 is 1.95 bits per heavy atom. The molecule has 0 unspecified atom stereocenters. The third kappa shape index (κ3) is 1.78. The second-order valence-corrected chi connectivity index (χ2v) is 4.59. The second kappa shape index (κ2) is 4.42. The molecule has 0 aliphatic rings. The predicted molar refractivity (Wildman–Crippen MR) is 74.2 cm³/mol. The lowest BCUT2D eigenvalue weighted by atomic mass is 10.3. The van der Waals surface area contributed by atoms with Gasteiger partial charge in [0.05, 0.1) is 29.6 Å². The average Bonchev–Trinajstić information content (AvgIpc) is 2.98. The highest BCUT2D eigenvalue weighted by atomic mass is 16.1. The molecule has 2 heterocycles. The van der Waals surface area contributed by atoms with Crippen LogP contribution in [0.2, 0.25) is 0 Å². The zero-order chi connectivity index (χ0) is 13.4. The van der Waals surface area contributed by atoms with Crippen molar-refractivity contribution in [3.63, 3.8) is 0 Å². The van der Waals surface area contributed by atoms with E-state index in [9.17, 15) is 4.79 Å². The molecule has 98 valence electrons. The average molecular weight is 256 g/mol. The monoisotopic (exact) mass is 256 g/mol. The van der Waals surface area contributed by atoms with Gasteiger partial charge in [0.2, 0.25) is 0 Å². The van der Waals surface area contributed by atoms with E-state index >= 15 is 0 Å². The molecule has 0 aliphatic heterocycles. The van der Waals surface area contributed by atoms with Gasteiger partial charge in [-0.2, -0.15) is 0 Å². The molecule has 0 N–H and O–H groups in total. The molecular weight excluding hydrogens is 240 g/mol. The van der Waals surface area contributed by atoms with Crippen molar-refractivity contribution in [3.8, 4) is 0 Å². The minimum Gasteiger partial charge on any atom is -0.333 e. The number of para-hydroxylation sites is 2. The molecule has 0 fully saturated rings. The second-order valence-electron chi connectivity index (χ2n) is 4.59. The molecule has 0 bridgehead atoms. The molecule has 0 saturated heterocycles. The number of rotatable bonds is 3. The van der Waals surface area contributed by atoms with Crippen LogP contribution in [0.1, 0.15) is 12.6 Å². The highest BCUT2D eigenvalue weighted by Crippen LogP contribution is 2.13. The van der Waals surface area contributed by atoms with Gasteiger partial charge < -0.3 is 4.57 Å². The minimum absolute atomic E-state index is 0.00468. The molecule has 0 atom stereocenters. The summed E-state index contributed by atoms with van der Waals surface area (Å²) in [6, 6.07) is 7.84. The molecule has 0 saturated carbocycles. The number of hydrogen-bond acceptors (Lipinski definition) is 2. The lowest BCUT2D eigenvalue weighted by Crippen LogP contribution is -2.23. The van der Waals surface area contributed by atoms with Crippen LogP contribution in [0.15, 0.2) is 41.6 Å². The van der Waals surface area contributed by atoms with E-state index in [0.29, 0.717) is 6.54 Å². The normalized spacial score (nSPS) is 11.3. The van der Waals surface area contributed by atoms with Crippen molar-refractivity contribution in [2.75, 3.05) is 0 Å². The molecular formula is C14H16N4O. The van der Waals surface area contributed by atoms with Gasteiger partial charge in [-0.1, -0.05) is 12.1 Å². The molecule has 3 aromatic rings. The largest absolute Gasteiger partial charge is 0.333 e. The summed E-state index contributed by atoms with van der Waals surface area (Å²) in [5, 5.41) is 0. The topological polar surface area (TPSA) is 44.8 Å². The van der Waals surface area contributed by atoms with Gasteiger partial charge in [0.15, 0.2) is 0 Å². The summed E-state index contributed by atoms with van der Waals surface area (Å²) in [4.78, 5) is 16.5. The van der Waals surface area contributed by atoms with Crippen LogP contribution in [-0.4, -0.2) is 18.7 Å². The summed E-state index contributed by atoms with van der Waals surface area (Å²) in [6.07, 6.45) is 3.61. The summed E-state index contributed by atoms with van der Waals surface area (Å²) in [5.74, 6) is 0. The van der Waals surface area contributed by atoms with E-state index in [1.54, 1.807) is 22.5 Å². The zero-order valence-corrected chi connectivity index (χ0v) is 11.1. The summed E-state index contributed by atoms with van der Waals surface area (Å²) in [6.45, 7) is 3.47. The Morgan fingerprint density at radius 3 is 2.68 bits per heavy atom. The van der Waals surface area contributed by atoms with Crippen LogP contribution in [0.3, 0.4) is 0 Å². The third-order valence-electron chi connectivity index (χ3n) is 3.51. The van der Waals surface area contributed by atoms with E-state index in [2.05, 4.69) is 11.9 Å². The Labute approximate surface area is 110 Å². The smallest absolute Gasteiger partial charge is 0.329 e. The maximum absolute atomic E-state index is 12.3. The molecule has 0 amide bonds. The van der Waals surface area contributed by atoms with Crippen molar-refractivity contribution in [1.82, 2.24) is 18.7 Å². The molecule has 3 rings (SSSR count). The summed E-state index contributed by atoms with van der Waals surface area (Å²) in [5.41, 5.74) is 2.96. The number of fused-ring (bicyclic) bond motifs is 1. The van der Waals surface area contributed by atoms with Crippen LogP contribution < -0.4 is 5.69 Å². The van der Waals surface area contributed by atoms with E-state index in [0.717, 1.165) is 23.3 Å². The summed E-state index contributed by atoms with van der Waals surface area (Å²) >= 11 is 0. The SMILES string of the molecule is CCn1cncc1Cn1c(=O)n(C)c2ccccc21. The van der Waals surface area contributed by atoms with Crippen LogP contribution in [0.4, 0.5) is 0 Å². The van der Waals surface area contributed by atoms with Crippen LogP contribution in [0.25, 0.3) is 11.0 Å². The molecule has 5 nitrogen and oxygen atoms in total. The van der Waals surface area contributed by atoms with Crippen molar-refractivity contribution in [1.29, 1.82) is 0 Å². The quantitative estimate of drug-likeness (QED) is 0.714. The Hall–Kier alpha value is -2.30. The van der Waals surface area contributed by atoms with Gasteiger partial charge in [0.1, 0.15) is 0 Å². The molecule has 0 radical (unpaired) electrons. The third-order valence-corrected chi connectivity index (χ3v) is 3.51. The fourth-order valence-corrected chi connectivity index (χ4v) is 2.44. The van der Waals surface area contributed by atoms with Crippen molar-refractivity contribution < 1.29 is 0 Å². The predicted octanol–water partition coefficient (Wildman–Crippen LogP) is 1.60. The molecule has 0 aliphatic carbocycles. The Balaban J connectivity index is 2.16. The van der Waals surface area contributed by atoms with Gasteiger partial charge in [-0.3, -0.25) is 9.13 Å². The summed E-state index contributed by atoms with van der Waals surface area (Å²) < 4.78 is 5.52. The van der Waals surface area contributed by atoms with E-state index in [4.69, 9.17) is 0 Å². The van der Waals surface area contributed by atoms with Crippen LogP contribution in [-0.2, 0) is 20.1 Å². The number of nitrogens with zero attached hydrogens (tertiary/aromatic N) is 4. The molecule has 0 spiro atoms. The molecule has 19 heavy (non-hydrogen) atoms. The van der Waals surface area contributed by atoms with E-state index in [-0.39, 0.29) is 5.69 Å². The lowest BCUT2D eigenvalue weighted by Gasteiger charge is -2.06. The van der Waals surface area contributed by atoms with Crippen LogP contribution in [0.5, 0.6) is 0 Å². The number of aryl methyl sites for hydroxylation is 2. The van der Waals surface area contributed by atoms with Gasteiger partial charge in [-0.15, -0.1) is 0 Å². The van der Waals surface area contributed by atoms with Gasteiger partial charge in [-0.25, -0.2) is 9.78 Å². The molecule has 5 heteroatoms. The first-order valence-electron chi connectivity index (χ1n) is 6.35. The van der Waals surface area contributed by atoms with Gasteiger partial charge in [0, 0.05) is 19.8 Å². The first kappa shape index (κ1) is 11.8. The van der Waals surface area contributed by atoms with Crippen molar-refractivity contribution >= 4 is 11.0 Å². The van der Waals surface area contributed by atoms with Crippen molar-refractivity contribution in [3.05, 3.63) is 53.0 Å². The van der Waals surface area contributed by atoms with Crippen molar-refractivity contribution in [2.45, 2.75) is 20.0 Å². The highest BCUT2D eigenvalue weighted by molar-refractivity contribution is 5.75. The van der Waals surface area contributed by atoms with Crippen molar-refractivity contribution in [2.24, 2.45) is 7.05 Å². The Bertz CT molecular complexity index is 778. The first-order chi connectivity index (χ1) is 9.22. The highest BCUT2D eigenvalue weighted by Gasteiger charge is 2.11. The number of aromatic nitrogens is 4. The number of imidazole rings is 2. The maximum atomic E-state index is 12.3. The summed E-state index contributed by atoms with van der Waals surface area (Å²) in [7, 11) is 1.80. The standard InChI is InChI=1S/C14H16N4O/c1-3-17-10-15-8-11(17)9-18-13-7-5-4-6-12(13)16(2)14(18)19/h4-8,10H,3,9H2,1-2H3. The van der Waals surface area contributed by atoms with E-state index in [1.807, 2.05) is 35.0 Å². The zero-order valence-electron chi connectivity index (χ0n) is 11.1. The Morgan fingerprint density at radius 1 is 1.21 bits per heavy atom. The van der Waals surface area contributed by atoms with Crippen LogP contribution in [0, 0.1) is 0 Å². The number of benzene rings is 1. The molecule has 1 aromatic carbocycles. The first-order valence-corrected chi connectivity index (χ1v) is 6.35. The molecule has 2 aromatic heterocycles. The number of hydrogen-bond donors (Lipinski definition) is 0. The minimum atomic E-state index is 0.00468. The van der Waals surface area contributed by atoms with Gasteiger partial charge in [0.25, 0.3) is 0 Å².